The van der Waals surface area contributed by atoms with E-state index in [0.717, 1.165) is 47.9 Å². The molecule has 1 aliphatic heterocycles. The average Bonchev–Trinajstić information content (AvgIpc) is 3.28. The summed E-state index contributed by atoms with van der Waals surface area (Å²) < 4.78 is 16.3. The lowest BCUT2D eigenvalue weighted by atomic mass is 9.97. The molecule has 4 rings (SSSR count). The molecule has 0 amide bonds. The fourth-order valence-electron chi connectivity index (χ4n) is 3.67. The molecule has 1 aromatic carbocycles. The molecule has 3 heterocycles. The Balaban J connectivity index is 1.69. The van der Waals surface area contributed by atoms with Gasteiger partial charge in [0.15, 0.2) is 0 Å². The minimum Gasteiger partial charge on any atom is -0.497 e. The number of nitrogens with zero attached hydrogens (tertiary/aromatic N) is 4. The summed E-state index contributed by atoms with van der Waals surface area (Å²) >= 11 is 0. The summed E-state index contributed by atoms with van der Waals surface area (Å²) in [6.07, 6.45) is 1.01. The number of hydrogen-bond donors (Lipinski definition) is 0. The standard InChI is InChI=1S/C19H22N4O3/c1-11-17-18(20-12(2)21-19(17)26-22-11)23-8-7-13(10-23)15-9-14(24-3)5-6-16(15)25-4/h5-6,9,13H,7-8,10H2,1-4H3/t13-/m0/s1. The number of aryl methyl sites for hydroxylation is 2. The molecule has 0 spiro atoms. The number of fused-ring (bicyclic) bond motifs is 1. The second kappa shape index (κ2) is 6.48. The minimum absolute atomic E-state index is 0.338. The average molecular weight is 354 g/mol. The lowest BCUT2D eigenvalue weighted by molar-refractivity contribution is 0.396. The Labute approximate surface area is 151 Å². The zero-order chi connectivity index (χ0) is 18.3. The Morgan fingerprint density at radius 1 is 1.15 bits per heavy atom. The van der Waals surface area contributed by atoms with Crippen LogP contribution in [0.2, 0.25) is 0 Å². The third kappa shape index (κ3) is 2.73. The van der Waals surface area contributed by atoms with Gasteiger partial charge >= 0.3 is 0 Å². The van der Waals surface area contributed by atoms with Crippen molar-refractivity contribution < 1.29 is 14.0 Å². The largest absolute Gasteiger partial charge is 0.497 e. The van der Waals surface area contributed by atoms with E-state index in [-0.39, 0.29) is 0 Å². The molecule has 0 unspecified atom stereocenters. The molecule has 2 aromatic heterocycles. The summed E-state index contributed by atoms with van der Waals surface area (Å²) in [5, 5.41) is 4.95. The van der Waals surface area contributed by atoms with E-state index in [9.17, 15) is 0 Å². The van der Waals surface area contributed by atoms with E-state index in [4.69, 9.17) is 14.0 Å². The van der Waals surface area contributed by atoms with E-state index in [1.165, 1.54) is 5.56 Å². The highest BCUT2D eigenvalue weighted by molar-refractivity contribution is 5.88. The van der Waals surface area contributed by atoms with Crippen molar-refractivity contribution in [3.63, 3.8) is 0 Å². The minimum atomic E-state index is 0.338. The van der Waals surface area contributed by atoms with Crippen molar-refractivity contribution >= 4 is 16.9 Å². The van der Waals surface area contributed by atoms with Gasteiger partial charge in [-0.15, -0.1) is 0 Å². The molecule has 0 bridgehead atoms. The van der Waals surface area contributed by atoms with Crippen molar-refractivity contribution in [1.29, 1.82) is 0 Å². The molecule has 1 atom stereocenters. The zero-order valence-electron chi connectivity index (χ0n) is 15.4. The van der Waals surface area contributed by atoms with Crippen LogP contribution in [-0.4, -0.2) is 42.4 Å². The van der Waals surface area contributed by atoms with Crippen LogP contribution in [0.15, 0.2) is 22.7 Å². The van der Waals surface area contributed by atoms with Gasteiger partial charge in [0.2, 0.25) is 0 Å². The van der Waals surface area contributed by atoms with Crippen molar-refractivity contribution in [2.45, 2.75) is 26.2 Å². The van der Waals surface area contributed by atoms with Gasteiger partial charge in [-0.25, -0.2) is 4.98 Å². The maximum atomic E-state index is 5.57. The van der Waals surface area contributed by atoms with Crippen LogP contribution in [0.5, 0.6) is 11.5 Å². The third-order valence-electron chi connectivity index (χ3n) is 4.96. The first-order chi connectivity index (χ1) is 12.6. The Morgan fingerprint density at radius 2 is 2.00 bits per heavy atom. The molecule has 0 aliphatic carbocycles. The van der Waals surface area contributed by atoms with E-state index < -0.39 is 0 Å². The number of ether oxygens (including phenoxy) is 2. The molecule has 1 fully saturated rings. The van der Waals surface area contributed by atoms with Crippen molar-refractivity contribution in [1.82, 2.24) is 15.1 Å². The summed E-state index contributed by atoms with van der Waals surface area (Å²) in [5.74, 6) is 3.66. The van der Waals surface area contributed by atoms with Crippen LogP contribution < -0.4 is 14.4 Å². The SMILES string of the molecule is COc1ccc(OC)c([C@H]2CCN(c3nc(C)nc4onc(C)c34)C2)c1. The Morgan fingerprint density at radius 3 is 2.77 bits per heavy atom. The second-order valence-electron chi connectivity index (χ2n) is 6.58. The molecule has 136 valence electrons. The van der Waals surface area contributed by atoms with Crippen molar-refractivity contribution in [2.75, 3.05) is 32.2 Å². The molecule has 1 aliphatic rings. The van der Waals surface area contributed by atoms with Gasteiger partial charge in [-0.05, 0) is 38.5 Å². The molecule has 1 saturated heterocycles. The molecular weight excluding hydrogens is 332 g/mol. The Hall–Kier alpha value is -2.83. The van der Waals surface area contributed by atoms with Crippen molar-refractivity contribution in [2.24, 2.45) is 0 Å². The maximum Gasteiger partial charge on any atom is 0.263 e. The highest BCUT2D eigenvalue weighted by Gasteiger charge is 2.30. The van der Waals surface area contributed by atoms with Crippen LogP contribution in [0.1, 0.15) is 29.4 Å². The first-order valence-corrected chi connectivity index (χ1v) is 8.68. The van der Waals surface area contributed by atoms with Gasteiger partial charge in [-0.3, -0.25) is 0 Å². The molecule has 3 aromatic rings. The van der Waals surface area contributed by atoms with Gasteiger partial charge in [-0.2, -0.15) is 4.98 Å². The predicted molar refractivity (Wildman–Crippen MR) is 98.2 cm³/mol. The van der Waals surface area contributed by atoms with E-state index in [1.807, 2.05) is 26.0 Å². The van der Waals surface area contributed by atoms with Gasteiger partial charge in [-0.1, -0.05) is 5.16 Å². The first-order valence-electron chi connectivity index (χ1n) is 8.68. The number of rotatable bonds is 4. The fraction of sp³-hybridized carbons (Fsp3) is 0.421. The van der Waals surface area contributed by atoms with Crippen LogP contribution in [0, 0.1) is 13.8 Å². The highest BCUT2D eigenvalue weighted by Crippen LogP contribution is 2.38. The fourth-order valence-corrected chi connectivity index (χ4v) is 3.67. The summed E-state index contributed by atoms with van der Waals surface area (Å²) in [6.45, 7) is 5.55. The third-order valence-corrected chi connectivity index (χ3v) is 4.96. The molecule has 0 saturated carbocycles. The topological polar surface area (TPSA) is 73.5 Å². The summed E-state index contributed by atoms with van der Waals surface area (Å²) in [5.41, 5.74) is 2.53. The highest BCUT2D eigenvalue weighted by atomic mass is 16.5. The monoisotopic (exact) mass is 354 g/mol. The van der Waals surface area contributed by atoms with Gasteiger partial charge in [0, 0.05) is 24.6 Å². The normalized spacial score (nSPS) is 17.1. The summed E-state index contributed by atoms with van der Waals surface area (Å²) in [7, 11) is 3.39. The van der Waals surface area contributed by atoms with E-state index >= 15 is 0 Å². The van der Waals surface area contributed by atoms with Gasteiger partial charge in [0.1, 0.15) is 28.5 Å². The van der Waals surface area contributed by atoms with Gasteiger partial charge in [0.05, 0.1) is 19.9 Å². The Kier molecular flexibility index (Phi) is 4.14. The quantitative estimate of drug-likeness (QED) is 0.712. The van der Waals surface area contributed by atoms with Crippen LogP contribution in [0.3, 0.4) is 0 Å². The summed E-state index contributed by atoms with van der Waals surface area (Å²) in [6, 6.07) is 5.96. The molecule has 7 heteroatoms. The second-order valence-corrected chi connectivity index (χ2v) is 6.58. The number of hydrogen-bond acceptors (Lipinski definition) is 7. The molecule has 7 nitrogen and oxygen atoms in total. The molecule has 0 radical (unpaired) electrons. The smallest absolute Gasteiger partial charge is 0.263 e. The van der Waals surface area contributed by atoms with E-state index in [2.05, 4.69) is 26.1 Å². The van der Waals surface area contributed by atoms with Crippen molar-refractivity contribution in [3.8, 4) is 11.5 Å². The van der Waals surface area contributed by atoms with Crippen LogP contribution >= 0.6 is 0 Å². The number of methoxy groups -OCH3 is 2. The Bertz CT molecular complexity index is 953. The number of anilines is 1. The number of benzene rings is 1. The van der Waals surface area contributed by atoms with Crippen LogP contribution in [0.25, 0.3) is 11.1 Å². The van der Waals surface area contributed by atoms with Crippen molar-refractivity contribution in [3.05, 3.63) is 35.3 Å². The maximum absolute atomic E-state index is 5.57. The van der Waals surface area contributed by atoms with Crippen LogP contribution in [-0.2, 0) is 0 Å². The lowest BCUT2D eigenvalue weighted by Crippen LogP contribution is -2.21. The summed E-state index contributed by atoms with van der Waals surface area (Å²) in [4.78, 5) is 11.3. The molecule has 0 N–H and O–H groups in total. The zero-order valence-corrected chi connectivity index (χ0v) is 15.4. The molecule has 26 heavy (non-hydrogen) atoms. The van der Waals surface area contributed by atoms with Gasteiger partial charge in [0.25, 0.3) is 5.71 Å². The van der Waals surface area contributed by atoms with Crippen LogP contribution in [0.4, 0.5) is 5.82 Å². The lowest BCUT2D eigenvalue weighted by Gasteiger charge is -2.20. The van der Waals surface area contributed by atoms with E-state index in [1.54, 1.807) is 14.2 Å². The van der Waals surface area contributed by atoms with Gasteiger partial charge < -0.3 is 18.9 Å². The molecular formula is C19H22N4O3. The first kappa shape index (κ1) is 16.6. The number of aromatic nitrogens is 3. The predicted octanol–water partition coefficient (Wildman–Crippen LogP) is 3.25. The van der Waals surface area contributed by atoms with E-state index in [0.29, 0.717) is 17.5 Å².